The Morgan fingerprint density at radius 1 is 1.17 bits per heavy atom. The van der Waals surface area contributed by atoms with Crippen LogP contribution in [-0.2, 0) is 12.6 Å². The first-order valence-electron chi connectivity index (χ1n) is 8.92. The normalized spacial score (nSPS) is 15.7. The zero-order valence-electron chi connectivity index (χ0n) is 15.8. The number of alkyl halides is 3. The molecule has 29 heavy (non-hydrogen) atoms. The molecule has 2 heterocycles. The van der Waals surface area contributed by atoms with Gasteiger partial charge in [-0.1, -0.05) is 18.2 Å². The number of halogens is 4. The van der Waals surface area contributed by atoms with Crippen molar-refractivity contribution in [2.75, 3.05) is 32.0 Å². The average Bonchev–Trinajstić information content (AvgIpc) is 3.10. The van der Waals surface area contributed by atoms with E-state index in [1.54, 1.807) is 7.05 Å². The van der Waals surface area contributed by atoms with Crippen LogP contribution in [0.4, 0.5) is 19.0 Å². The zero-order valence-corrected chi connectivity index (χ0v) is 18.1. The molecule has 1 aromatic carbocycles. The van der Waals surface area contributed by atoms with Crippen LogP contribution in [-0.4, -0.2) is 43.7 Å². The van der Waals surface area contributed by atoms with Crippen molar-refractivity contribution >= 4 is 35.8 Å². The molecule has 158 valence electrons. The molecule has 0 bridgehead atoms. The largest absolute Gasteiger partial charge is 0.488 e. The monoisotopic (exact) mass is 521 g/mol. The van der Waals surface area contributed by atoms with E-state index in [2.05, 4.69) is 25.9 Å². The molecule has 3 rings (SSSR count). The van der Waals surface area contributed by atoms with Gasteiger partial charge in [0, 0.05) is 32.8 Å². The molecule has 1 aromatic heterocycles. The highest BCUT2D eigenvalue weighted by atomic mass is 127. The molecular weight excluding hydrogens is 498 g/mol. The smallest absolute Gasteiger partial charge is 0.419 e. The molecule has 10 heteroatoms. The molecule has 0 aliphatic carbocycles. The number of pyridine rings is 1. The molecule has 0 saturated heterocycles. The van der Waals surface area contributed by atoms with Gasteiger partial charge in [0.05, 0.1) is 12.1 Å². The molecule has 2 aromatic rings. The van der Waals surface area contributed by atoms with Crippen LogP contribution >= 0.6 is 24.0 Å². The maximum atomic E-state index is 13.0. The van der Waals surface area contributed by atoms with Crippen molar-refractivity contribution in [3.05, 3.63) is 53.7 Å². The van der Waals surface area contributed by atoms with Gasteiger partial charge < -0.3 is 20.7 Å². The molecule has 0 fully saturated rings. The lowest BCUT2D eigenvalue weighted by molar-refractivity contribution is -0.137. The summed E-state index contributed by atoms with van der Waals surface area (Å²) >= 11 is 0. The lowest BCUT2D eigenvalue weighted by atomic mass is 10.1. The molecule has 1 aliphatic heterocycles. The summed E-state index contributed by atoms with van der Waals surface area (Å²) in [4.78, 5) is 7.88. The second-order valence-corrected chi connectivity index (χ2v) is 6.26. The number of nitrogens with zero attached hydrogens (tertiary/aromatic N) is 2. The number of aliphatic imine (C=N–C) groups is 1. The molecule has 1 atom stereocenters. The van der Waals surface area contributed by atoms with E-state index in [1.165, 1.54) is 17.8 Å². The summed E-state index contributed by atoms with van der Waals surface area (Å²) < 4.78 is 44.7. The van der Waals surface area contributed by atoms with Crippen molar-refractivity contribution in [2.24, 2.45) is 4.99 Å². The summed E-state index contributed by atoms with van der Waals surface area (Å²) in [6.45, 7) is 1.20. The summed E-state index contributed by atoms with van der Waals surface area (Å²) in [7, 11) is 1.63. The Labute approximate surface area is 184 Å². The van der Waals surface area contributed by atoms with Crippen molar-refractivity contribution in [3.63, 3.8) is 0 Å². The van der Waals surface area contributed by atoms with Gasteiger partial charge in [-0.2, -0.15) is 13.2 Å². The summed E-state index contributed by atoms with van der Waals surface area (Å²) in [6, 6.07) is 10.2. The van der Waals surface area contributed by atoms with Crippen LogP contribution in [0.5, 0.6) is 5.75 Å². The van der Waals surface area contributed by atoms with Gasteiger partial charge in [0.15, 0.2) is 5.96 Å². The minimum atomic E-state index is -4.44. The Morgan fingerprint density at radius 3 is 2.69 bits per heavy atom. The number of ether oxygens (including phenoxy) is 1. The minimum absolute atomic E-state index is 0. The lowest BCUT2D eigenvalue weighted by Gasteiger charge is -2.16. The molecule has 0 amide bonds. The van der Waals surface area contributed by atoms with Gasteiger partial charge >= 0.3 is 6.18 Å². The van der Waals surface area contributed by atoms with Crippen LogP contribution in [0, 0.1) is 0 Å². The van der Waals surface area contributed by atoms with E-state index in [0.717, 1.165) is 18.2 Å². The predicted molar refractivity (Wildman–Crippen MR) is 117 cm³/mol. The van der Waals surface area contributed by atoms with E-state index < -0.39 is 11.7 Å². The number of para-hydroxylation sites is 1. The number of hydrogen-bond acceptors (Lipinski definition) is 4. The van der Waals surface area contributed by atoms with E-state index in [-0.39, 0.29) is 42.4 Å². The predicted octanol–water partition coefficient (Wildman–Crippen LogP) is 3.30. The number of rotatable bonds is 6. The number of aromatic nitrogens is 1. The molecule has 0 saturated carbocycles. The maximum absolute atomic E-state index is 13.0. The topological polar surface area (TPSA) is 70.6 Å². The Kier molecular flexibility index (Phi) is 8.35. The second-order valence-electron chi connectivity index (χ2n) is 6.26. The van der Waals surface area contributed by atoms with Gasteiger partial charge in [0.25, 0.3) is 0 Å². The third kappa shape index (κ3) is 6.38. The van der Waals surface area contributed by atoms with Crippen molar-refractivity contribution in [2.45, 2.75) is 18.7 Å². The second kappa shape index (κ2) is 10.5. The SMILES string of the molecule is CN=C(NCCNc1ncccc1C(F)(F)F)NCC1Cc2ccccc2O1.I. The third-order valence-corrected chi connectivity index (χ3v) is 4.26. The van der Waals surface area contributed by atoms with Gasteiger partial charge in [-0.15, -0.1) is 24.0 Å². The third-order valence-electron chi connectivity index (χ3n) is 4.26. The van der Waals surface area contributed by atoms with Gasteiger partial charge in [0.2, 0.25) is 0 Å². The Hall–Kier alpha value is -2.24. The van der Waals surface area contributed by atoms with Gasteiger partial charge in [-0.05, 0) is 23.8 Å². The Bertz CT molecular complexity index is 806. The molecule has 1 unspecified atom stereocenters. The maximum Gasteiger partial charge on any atom is 0.419 e. The fourth-order valence-corrected chi connectivity index (χ4v) is 2.94. The summed E-state index contributed by atoms with van der Waals surface area (Å²) in [6.07, 6.45) is -2.29. The lowest BCUT2D eigenvalue weighted by Crippen LogP contribution is -2.43. The van der Waals surface area contributed by atoms with Gasteiger partial charge in [-0.3, -0.25) is 4.99 Å². The Morgan fingerprint density at radius 2 is 1.97 bits per heavy atom. The van der Waals surface area contributed by atoms with E-state index in [1.807, 2.05) is 24.3 Å². The van der Waals surface area contributed by atoms with Gasteiger partial charge in [-0.25, -0.2) is 4.98 Å². The number of nitrogens with one attached hydrogen (secondary N) is 3. The van der Waals surface area contributed by atoms with Crippen molar-refractivity contribution in [1.29, 1.82) is 0 Å². The molecule has 1 aliphatic rings. The van der Waals surface area contributed by atoms with Crippen LogP contribution < -0.4 is 20.7 Å². The molecule has 0 spiro atoms. The fourth-order valence-electron chi connectivity index (χ4n) is 2.94. The van der Waals surface area contributed by atoms with E-state index in [9.17, 15) is 13.2 Å². The summed E-state index contributed by atoms with van der Waals surface area (Å²) in [5.41, 5.74) is 0.396. The molecule has 0 radical (unpaired) electrons. The number of benzene rings is 1. The van der Waals surface area contributed by atoms with Crippen molar-refractivity contribution in [3.8, 4) is 5.75 Å². The minimum Gasteiger partial charge on any atom is -0.488 e. The number of guanidine groups is 1. The number of fused-ring (bicyclic) bond motifs is 1. The molecular formula is C19H23F3IN5O. The van der Waals surface area contributed by atoms with E-state index in [4.69, 9.17) is 4.74 Å². The Balaban J connectivity index is 0.00000300. The van der Waals surface area contributed by atoms with E-state index >= 15 is 0 Å². The van der Waals surface area contributed by atoms with Crippen LogP contribution in [0.3, 0.4) is 0 Å². The van der Waals surface area contributed by atoms with Crippen LogP contribution in [0.2, 0.25) is 0 Å². The average molecular weight is 521 g/mol. The highest BCUT2D eigenvalue weighted by Gasteiger charge is 2.33. The van der Waals surface area contributed by atoms with Crippen LogP contribution in [0.1, 0.15) is 11.1 Å². The number of anilines is 1. The van der Waals surface area contributed by atoms with Crippen molar-refractivity contribution in [1.82, 2.24) is 15.6 Å². The molecule has 6 nitrogen and oxygen atoms in total. The fraction of sp³-hybridized carbons (Fsp3) is 0.368. The standard InChI is InChI=1S/C19H22F3N5O.HI/c1-23-18(27-12-14-11-13-5-2-3-7-16(13)28-14)26-10-9-25-17-15(19(20,21)22)6-4-8-24-17;/h2-8,14H,9-12H2,1H3,(H,24,25)(H2,23,26,27);1H. The van der Waals surface area contributed by atoms with Crippen LogP contribution in [0.25, 0.3) is 0 Å². The first-order chi connectivity index (χ1) is 13.5. The van der Waals surface area contributed by atoms with Crippen molar-refractivity contribution < 1.29 is 17.9 Å². The highest BCUT2D eigenvalue weighted by molar-refractivity contribution is 14.0. The molecule has 3 N–H and O–H groups in total. The van der Waals surface area contributed by atoms with Crippen LogP contribution in [0.15, 0.2) is 47.6 Å². The quantitative estimate of drug-likeness (QED) is 0.236. The first-order valence-corrected chi connectivity index (χ1v) is 8.92. The van der Waals surface area contributed by atoms with E-state index in [0.29, 0.717) is 19.0 Å². The summed E-state index contributed by atoms with van der Waals surface area (Å²) in [5.74, 6) is 1.27. The first kappa shape index (κ1) is 23.0. The summed E-state index contributed by atoms with van der Waals surface area (Å²) in [5, 5.41) is 8.93. The van der Waals surface area contributed by atoms with Gasteiger partial charge in [0.1, 0.15) is 17.7 Å². The zero-order chi connectivity index (χ0) is 20.0. The number of hydrogen-bond donors (Lipinski definition) is 3. The highest BCUT2D eigenvalue weighted by Crippen LogP contribution is 2.33.